The topological polar surface area (TPSA) is 54.0 Å². The molecule has 0 aliphatic rings. The predicted molar refractivity (Wildman–Crippen MR) is 83.7 cm³/mol. The van der Waals surface area contributed by atoms with Crippen LogP contribution in [0.15, 0.2) is 28.2 Å². The van der Waals surface area contributed by atoms with Crippen molar-refractivity contribution in [2.75, 3.05) is 0 Å². The average Bonchev–Trinajstić information content (AvgIpc) is 2.77. The molecule has 108 valence electrons. The minimum Gasteiger partial charge on any atom is -0.457 e. The van der Waals surface area contributed by atoms with E-state index in [1.807, 2.05) is 52.0 Å². The second-order valence-corrected chi connectivity index (χ2v) is 5.81. The lowest BCUT2D eigenvalue weighted by Crippen LogP contribution is -2.04. The van der Waals surface area contributed by atoms with Crippen LogP contribution in [0.1, 0.15) is 37.2 Å². The Kier molecular flexibility index (Phi) is 4.28. The molecule has 0 radical (unpaired) electrons. The third kappa shape index (κ3) is 3.41. The third-order valence-corrected chi connectivity index (χ3v) is 3.45. The SMILES string of the molecule is Cc1cc2cc(/C=C(/C#N)C(=O)CC(C)C)oc2cc1C. The van der Waals surface area contributed by atoms with E-state index >= 15 is 0 Å². The van der Waals surface area contributed by atoms with Crippen LogP contribution in [0.2, 0.25) is 0 Å². The number of Topliss-reactive ketones (excluding diaryl/α,β-unsaturated/α-hetero) is 1. The van der Waals surface area contributed by atoms with Gasteiger partial charge in [0, 0.05) is 17.9 Å². The van der Waals surface area contributed by atoms with Gasteiger partial charge >= 0.3 is 0 Å². The first-order valence-corrected chi connectivity index (χ1v) is 7.06. The van der Waals surface area contributed by atoms with Crippen LogP contribution in [0.3, 0.4) is 0 Å². The number of carbonyl (C=O) groups is 1. The monoisotopic (exact) mass is 281 g/mol. The van der Waals surface area contributed by atoms with Crippen LogP contribution in [0, 0.1) is 31.1 Å². The first kappa shape index (κ1) is 15.1. The standard InChI is InChI=1S/C18H19NO2/c1-11(2)5-17(20)15(10-19)9-16-8-14-6-12(3)13(4)7-18(14)21-16/h6-9,11H,5H2,1-4H3/b15-9-. The van der Waals surface area contributed by atoms with E-state index in [1.165, 1.54) is 11.6 Å². The molecule has 0 amide bonds. The summed E-state index contributed by atoms with van der Waals surface area (Å²) in [6.45, 7) is 7.99. The Labute approximate surface area is 124 Å². The molecule has 0 aliphatic carbocycles. The van der Waals surface area contributed by atoms with Crippen molar-refractivity contribution < 1.29 is 9.21 Å². The molecular formula is C18H19NO2. The van der Waals surface area contributed by atoms with Gasteiger partial charge in [-0.1, -0.05) is 13.8 Å². The summed E-state index contributed by atoms with van der Waals surface area (Å²) in [5, 5.41) is 10.1. The molecule has 1 heterocycles. The van der Waals surface area contributed by atoms with Crippen molar-refractivity contribution in [2.45, 2.75) is 34.1 Å². The van der Waals surface area contributed by atoms with Gasteiger partial charge in [-0.2, -0.15) is 5.26 Å². The number of furan rings is 1. The lowest BCUT2D eigenvalue weighted by atomic mass is 10.0. The zero-order valence-electron chi connectivity index (χ0n) is 12.9. The first-order valence-electron chi connectivity index (χ1n) is 7.06. The fourth-order valence-corrected chi connectivity index (χ4v) is 2.19. The number of ketones is 1. The van der Waals surface area contributed by atoms with Crippen LogP contribution >= 0.6 is 0 Å². The van der Waals surface area contributed by atoms with Crippen molar-refractivity contribution in [1.29, 1.82) is 5.26 Å². The number of hydrogen-bond acceptors (Lipinski definition) is 3. The van der Waals surface area contributed by atoms with E-state index in [1.54, 1.807) is 0 Å². The van der Waals surface area contributed by atoms with E-state index in [4.69, 9.17) is 9.68 Å². The van der Waals surface area contributed by atoms with Gasteiger partial charge in [-0.05, 0) is 49.1 Å². The van der Waals surface area contributed by atoms with Gasteiger partial charge in [0.05, 0.1) is 5.57 Å². The van der Waals surface area contributed by atoms with Gasteiger partial charge in [0.25, 0.3) is 0 Å². The zero-order valence-corrected chi connectivity index (χ0v) is 12.9. The molecule has 0 saturated carbocycles. The second kappa shape index (κ2) is 5.97. The quantitative estimate of drug-likeness (QED) is 0.609. The molecule has 3 nitrogen and oxygen atoms in total. The molecule has 21 heavy (non-hydrogen) atoms. The molecule has 0 bridgehead atoms. The largest absolute Gasteiger partial charge is 0.457 e. The lowest BCUT2D eigenvalue weighted by Gasteiger charge is -2.01. The fraction of sp³-hybridized carbons (Fsp3) is 0.333. The normalized spacial score (nSPS) is 11.9. The maximum absolute atomic E-state index is 12.0. The van der Waals surface area contributed by atoms with E-state index in [0.29, 0.717) is 12.2 Å². The number of rotatable bonds is 4. The number of fused-ring (bicyclic) bond motifs is 1. The Hall–Kier alpha value is -2.34. The van der Waals surface area contributed by atoms with Crippen molar-refractivity contribution in [3.8, 4) is 6.07 Å². The summed E-state index contributed by atoms with van der Waals surface area (Å²) in [6.07, 6.45) is 1.91. The molecular weight excluding hydrogens is 262 g/mol. The number of carbonyl (C=O) groups excluding carboxylic acids is 1. The molecule has 0 aliphatic heterocycles. The number of nitriles is 1. The van der Waals surface area contributed by atoms with Crippen LogP contribution < -0.4 is 0 Å². The summed E-state index contributed by atoms with van der Waals surface area (Å²) in [4.78, 5) is 12.0. The van der Waals surface area contributed by atoms with Crippen LogP contribution in [0.5, 0.6) is 0 Å². The smallest absolute Gasteiger partial charge is 0.173 e. The molecule has 0 saturated heterocycles. The maximum atomic E-state index is 12.0. The van der Waals surface area contributed by atoms with Gasteiger partial charge in [-0.3, -0.25) is 4.79 Å². The van der Waals surface area contributed by atoms with E-state index in [9.17, 15) is 4.79 Å². The molecule has 0 N–H and O–H groups in total. The molecule has 2 rings (SSSR count). The Bertz CT molecular complexity index is 718. The molecule has 0 fully saturated rings. The van der Waals surface area contributed by atoms with Gasteiger partial charge in [0.15, 0.2) is 5.78 Å². The molecule has 1 aromatic heterocycles. The predicted octanol–water partition coefficient (Wildman–Crippen LogP) is 4.57. The molecule has 2 aromatic rings. The van der Waals surface area contributed by atoms with Gasteiger partial charge < -0.3 is 4.42 Å². The second-order valence-electron chi connectivity index (χ2n) is 5.81. The van der Waals surface area contributed by atoms with Crippen LogP contribution in [-0.4, -0.2) is 5.78 Å². The van der Waals surface area contributed by atoms with Crippen molar-refractivity contribution in [2.24, 2.45) is 5.92 Å². The molecule has 3 heteroatoms. The Morgan fingerprint density at radius 1 is 1.29 bits per heavy atom. The summed E-state index contributed by atoms with van der Waals surface area (Å²) in [7, 11) is 0. The highest BCUT2D eigenvalue weighted by molar-refractivity contribution is 6.03. The summed E-state index contributed by atoms with van der Waals surface area (Å²) >= 11 is 0. The average molecular weight is 281 g/mol. The lowest BCUT2D eigenvalue weighted by molar-refractivity contribution is -0.115. The van der Waals surface area contributed by atoms with Gasteiger partial charge in [-0.25, -0.2) is 0 Å². The van der Waals surface area contributed by atoms with Crippen molar-refractivity contribution in [3.05, 3.63) is 40.7 Å². The van der Waals surface area contributed by atoms with Crippen molar-refractivity contribution >= 4 is 22.8 Å². The maximum Gasteiger partial charge on any atom is 0.173 e. The molecule has 0 unspecified atom stereocenters. The molecule has 0 spiro atoms. The van der Waals surface area contributed by atoms with Crippen molar-refractivity contribution in [1.82, 2.24) is 0 Å². The van der Waals surface area contributed by atoms with Crippen LogP contribution in [0.25, 0.3) is 17.0 Å². The minimum atomic E-state index is -0.139. The Balaban J connectivity index is 2.39. The number of benzene rings is 1. The highest BCUT2D eigenvalue weighted by atomic mass is 16.3. The summed E-state index contributed by atoms with van der Waals surface area (Å²) in [5.41, 5.74) is 3.27. The van der Waals surface area contributed by atoms with Gasteiger partial charge in [0.1, 0.15) is 17.4 Å². The Morgan fingerprint density at radius 3 is 2.57 bits per heavy atom. The van der Waals surface area contributed by atoms with E-state index in [0.717, 1.165) is 16.5 Å². The molecule has 0 atom stereocenters. The van der Waals surface area contributed by atoms with E-state index in [2.05, 4.69) is 0 Å². The van der Waals surface area contributed by atoms with E-state index < -0.39 is 0 Å². The highest BCUT2D eigenvalue weighted by Crippen LogP contribution is 2.25. The first-order chi connectivity index (χ1) is 9.90. The number of nitrogens with zero attached hydrogens (tertiary/aromatic N) is 1. The third-order valence-electron chi connectivity index (χ3n) is 3.45. The minimum absolute atomic E-state index is 0.139. The van der Waals surface area contributed by atoms with Crippen LogP contribution in [0.4, 0.5) is 0 Å². The fourth-order valence-electron chi connectivity index (χ4n) is 2.19. The zero-order chi connectivity index (χ0) is 15.6. The van der Waals surface area contributed by atoms with Gasteiger partial charge in [-0.15, -0.1) is 0 Å². The van der Waals surface area contributed by atoms with Crippen molar-refractivity contribution in [3.63, 3.8) is 0 Å². The number of aryl methyl sites for hydroxylation is 2. The molecule has 1 aromatic carbocycles. The highest BCUT2D eigenvalue weighted by Gasteiger charge is 2.13. The van der Waals surface area contributed by atoms with Crippen LogP contribution in [-0.2, 0) is 4.79 Å². The van der Waals surface area contributed by atoms with Gasteiger partial charge in [0.2, 0.25) is 0 Å². The number of allylic oxidation sites excluding steroid dienone is 1. The summed E-state index contributed by atoms with van der Waals surface area (Å²) in [6, 6.07) is 7.86. The summed E-state index contributed by atoms with van der Waals surface area (Å²) in [5.74, 6) is 0.638. The van der Waals surface area contributed by atoms with E-state index in [-0.39, 0.29) is 17.3 Å². The Morgan fingerprint density at radius 2 is 1.95 bits per heavy atom. The number of hydrogen-bond donors (Lipinski definition) is 0. The summed E-state index contributed by atoms with van der Waals surface area (Å²) < 4.78 is 5.71.